The summed E-state index contributed by atoms with van der Waals surface area (Å²) in [6.45, 7) is -0.619. The minimum absolute atomic E-state index is 0.0646. The van der Waals surface area contributed by atoms with Gasteiger partial charge in [-0.15, -0.1) is 0 Å². The van der Waals surface area contributed by atoms with Crippen LogP contribution in [0.5, 0.6) is 0 Å². The number of nitrogens with one attached hydrogen (secondary N) is 2. The van der Waals surface area contributed by atoms with Crippen LogP contribution in [-0.4, -0.2) is 30.5 Å². The molecule has 26 heavy (non-hydrogen) atoms. The van der Waals surface area contributed by atoms with Gasteiger partial charge in [-0.25, -0.2) is 4.79 Å². The molecule has 0 fully saturated rings. The van der Waals surface area contributed by atoms with E-state index in [2.05, 4.69) is 10.6 Å². The molecular weight excluding hydrogens is 385 g/mol. The molecule has 0 aliphatic rings. The Morgan fingerprint density at radius 2 is 1.85 bits per heavy atom. The Balaban J connectivity index is 2.07. The highest BCUT2D eigenvalue weighted by Gasteiger charge is 2.19. The van der Waals surface area contributed by atoms with Gasteiger partial charge in [0.25, 0.3) is 11.6 Å². The van der Waals surface area contributed by atoms with Gasteiger partial charge in [0.2, 0.25) is 0 Å². The molecule has 2 N–H and O–H groups in total. The van der Waals surface area contributed by atoms with Crippen LogP contribution in [0.15, 0.2) is 36.4 Å². The van der Waals surface area contributed by atoms with E-state index >= 15 is 0 Å². The van der Waals surface area contributed by atoms with Gasteiger partial charge in [-0.05, 0) is 18.2 Å². The molecule has 0 unspecified atom stereocenters. The molecule has 0 radical (unpaired) electrons. The van der Waals surface area contributed by atoms with Crippen LogP contribution in [0.25, 0.3) is 0 Å². The minimum atomic E-state index is -0.890. The highest BCUT2D eigenvalue weighted by atomic mass is 35.5. The van der Waals surface area contributed by atoms with Gasteiger partial charge in [0.05, 0.1) is 26.2 Å². The summed E-state index contributed by atoms with van der Waals surface area (Å²) in [6.07, 6.45) is 0. The van der Waals surface area contributed by atoms with E-state index in [0.717, 1.165) is 6.07 Å². The number of halogens is 2. The van der Waals surface area contributed by atoms with Crippen molar-refractivity contribution in [2.24, 2.45) is 0 Å². The van der Waals surface area contributed by atoms with Gasteiger partial charge in [-0.3, -0.25) is 14.9 Å². The lowest BCUT2D eigenvalue weighted by molar-refractivity contribution is -0.384. The molecule has 0 aliphatic carbocycles. The van der Waals surface area contributed by atoms with Crippen LogP contribution in [0.1, 0.15) is 10.4 Å². The summed E-state index contributed by atoms with van der Waals surface area (Å²) in [6, 6.07) is 8.38. The molecule has 2 aromatic rings. The Hall–Kier alpha value is -2.84. The number of ether oxygens (including phenoxy) is 1. The van der Waals surface area contributed by atoms with Gasteiger partial charge in [0, 0.05) is 24.9 Å². The van der Waals surface area contributed by atoms with Gasteiger partial charge in [0.1, 0.15) is 0 Å². The molecule has 0 heterocycles. The largest absolute Gasteiger partial charge is 0.452 e. The van der Waals surface area contributed by atoms with Gasteiger partial charge in [-0.1, -0.05) is 29.3 Å². The number of para-hydroxylation sites is 1. The van der Waals surface area contributed by atoms with Crippen molar-refractivity contribution in [3.63, 3.8) is 0 Å². The van der Waals surface area contributed by atoms with Crippen molar-refractivity contribution in [3.05, 3.63) is 62.1 Å². The van der Waals surface area contributed by atoms with Crippen molar-refractivity contribution in [1.82, 2.24) is 0 Å². The first-order valence-corrected chi connectivity index (χ1v) is 7.96. The highest BCUT2D eigenvalue weighted by molar-refractivity contribution is 6.39. The zero-order valence-corrected chi connectivity index (χ0v) is 14.9. The summed E-state index contributed by atoms with van der Waals surface area (Å²) < 4.78 is 4.92. The summed E-state index contributed by atoms with van der Waals surface area (Å²) in [7, 11) is 1.55. The normalized spacial score (nSPS) is 10.1. The second kappa shape index (κ2) is 8.50. The number of rotatable bonds is 6. The molecule has 0 saturated carbocycles. The first kappa shape index (κ1) is 19.5. The lowest BCUT2D eigenvalue weighted by Crippen LogP contribution is -2.21. The topological polar surface area (TPSA) is 111 Å². The molecule has 2 rings (SSSR count). The molecule has 0 saturated heterocycles. The zero-order chi connectivity index (χ0) is 19.3. The summed E-state index contributed by atoms with van der Waals surface area (Å²) >= 11 is 11.9. The Bertz CT molecular complexity index is 853. The van der Waals surface area contributed by atoms with E-state index in [1.54, 1.807) is 13.1 Å². The molecule has 10 heteroatoms. The number of carbonyl (C=O) groups excluding carboxylic acids is 2. The maximum atomic E-state index is 12.2. The van der Waals surface area contributed by atoms with Crippen molar-refractivity contribution < 1.29 is 19.2 Å². The average molecular weight is 398 g/mol. The first-order chi connectivity index (χ1) is 12.3. The summed E-state index contributed by atoms with van der Waals surface area (Å²) in [5, 5.41) is 16.5. The predicted octanol–water partition coefficient (Wildman–Crippen LogP) is 3.74. The fraction of sp³-hybridized carbons (Fsp3) is 0.125. The summed E-state index contributed by atoms with van der Waals surface area (Å²) in [4.78, 5) is 34.3. The fourth-order valence-electron chi connectivity index (χ4n) is 2.03. The number of nitrogens with zero attached hydrogens (tertiary/aromatic N) is 1. The molecule has 2 aromatic carbocycles. The standard InChI is InChI=1S/C16H13Cl2N3O5/c1-19-13-6-5-9(21(24)25)7-10(13)16(23)26-8-14(22)20-15-11(17)3-2-4-12(15)18/h2-7,19H,8H2,1H3,(H,20,22). The number of carbonyl (C=O) groups is 2. The van der Waals surface area contributed by atoms with E-state index < -0.39 is 23.4 Å². The van der Waals surface area contributed by atoms with Crippen molar-refractivity contribution in [3.8, 4) is 0 Å². The van der Waals surface area contributed by atoms with Gasteiger partial charge in [-0.2, -0.15) is 0 Å². The van der Waals surface area contributed by atoms with Crippen LogP contribution >= 0.6 is 23.2 Å². The third kappa shape index (κ3) is 4.62. The lowest BCUT2D eigenvalue weighted by Gasteiger charge is -2.11. The number of amides is 1. The van der Waals surface area contributed by atoms with Crippen LogP contribution in [-0.2, 0) is 9.53 Å². The minimum Gasteiger partial charge on any atom is -0.452 e. The van der Waals surface area contributed by atoms with Gasteiger partial charge >= 0.3 is 5.97 Å². The Morgan fingerprint density at radius 3 is 2.42 bits per heavy atom. The Kier molecular flexibility index (Phi) is 6.37. The number of esters is 1. The molecule has 0 atom stereocenters. The molecule has 0 aromatic heterocycles. The van der Waals surface area contributed by atoms with Crippen molar-refractivity contribution in [1.29, 1.82) is 0 Å². The number of non-ortho nitro benzene ring substituents is 1. The quantitative estimate of drug-likeness (QED) is 0.436. The van der Waals surface area contributed by atoms with Gasteiger partial charge in [0.15, 0.2) is 6.61 Å². The maximum Gasteiger partial charge on any atom is 0.341 e. The number of nitro groups is 1. The molecular formula is C16H13Cl2N3O5. The lowest BCUT2D eigenvalue weighted by atomic mass is 10.1. The van der Waals surface area contributed by atoms with Crippen LogP contribution in [0, 0.1) is 10.1 Å². The van der Waals surface area contributed by atoms with Crippen LogP contribution in [0.4, 0.5) is 17.1 Å². The first-order valence-electron chi connectivity index (χ1n) is 7.20. The van der Waals surface area contributed by atoms with Crippen LogP contribution in [0.3, 0.4) is 0 Å². The maximum absolute atomic E-state index is 12.2. The summed E-state index contributed by atoms with van der Waals surface area (Å²) in [5.74, 6) is -1.55. The van der Waals surface area contributed by atoms with Gasteiger partial charge < -0.3 is 15.4 Å². The second-order valence-corrected chi connectivity index (χ2v) is 5.77. The van der Waals surface area contributed by atoms with E-state index in [9.17, 15) is 19.7 Å². The van der Waals surface area contributed by atoms with Crippen molar-refractivity contribution in [2.75, 3.05) is 24.3 Å². The van der Waals surface area contributed by atoms with E-state index in [1.165, 1.54) is 24.3 Å². The number of hydrogen-bond donors (Lipinski definition) is 2. The monoisotopic (exact) mass is 397 g/mol. The number of nitro benzene ring substituents is 1. The highest BCUT2D eigenvalue weighted by Crippen LogP contribution is 2.29. The van der Waals surface area contributed by atoms with Crippen LogP contribution in [0.2, 0.25) is 10.0 Å². The molecule has 136 valence electrons. The average Bonchev–Trinajstić information content (AvgIpc) is 2.62. The predicted molar refractivity (Wildman–Crippen MR) is 98.0 cm³/mol. The molecule has 0 bridgehead atoms. The molecule has 8 nitrogen and oxygen atoms in total. The Morgan fingerprint density at radius 1 is 1.19 bits per heavy atom. The number of hydrogen-bond acceptors (Lipinski definition) is 6. The smallest absolute Gasteiger partial charge is 0.341 e. The number of anilines is 2. The van der Waals surface area contributed by atoms with E-state index in [4.69, 9.17) is 27.9 Å². The zero-order valence-electron chi connectivity index (χ0n) is 13.4. The second-order valence-electron chi connectivity index (χ2n) is 4.96. The molecule has 0 aliphatic heterocycles. The SMILES string of the molecule is CNc1ccc([N+](=O)[O-])cc1C(=O)OCC(=O)Nc1c(Cl)cccc1Cl. The molecule has 1 amide bonds. The van der Waals surface area contributed by atoms with Crippen molar-refractivity contribution in [2.45, 2.75) is 0 Å². The number of benzene rings is 2. The van der Waals surface area contributed by atoms with E-state index in [0.29, 0.717) is 5.69 Å². The van der Waals surface area contributed by atoms with Crippen LogP contribution < -0.4 is 10.6 Å². The van der Waals surface area contributed by atoms with Crippen molar-refractivity contribution >= 4 is 52.1 Å². The third-order valence-electron chi connectivity index (χ3n) is 3.26. The van der Waals surface area contributed by atoms with E-state index in [1.807, 2.05) is 0 Å². The summed E-state index contributed by atoms with van der Waals surface area (Å²) in [5.41, 5.74) is 0.187. The third-order valence-corrected chi connectivity index (χ3v) is 3.89. The molecule has 0 spiro atoms. The fourth-order valence-corrected chi connectivity index (χ4v) is 2.53. The Labute approximate surface area is 158 Å². The van der Waals surface area contributed by atoms with E-state index in [-0.39, 0.29) is 27.0 Å².